The van der Waals surface area contributed by atoms with Gasteiger partial charge in [-0.05, 0) is 19.1 Å². The molecular weight excluding hydrogens is 275 g/mol. The van der Waals surface area contributed by atoms with Gasteiger partial charge in [0, 0.05) is 29.4 Å². The van der Waals surface area contributed by atoms with Crippen molar-refractivity contribution < 1.29 is 4.39 Å². The van der Waals surface area contributed by atoms with Gasteiger partial charge in [0.2, 0.25) is 4.96 Å². The van der Waals surface area contributed by atoms with E-state index in [1.807, 2.05) is 10.6 Å². The number of fused-ring (bicyclic) bond motifs is 3. The van der Waals surface area contributed by atoms with E-state index in [-0.39, 0.29) is 5.82 Å². The summed E-state index contributed by atoms with van der Waals surface area (Å²) in [4.78, 5) is 6.72. The summed E-state index contributed by atoms with van der Waals surface area (Å²) in [5, 5.41) is 7.99. The topological polar surface area (TPSA) is 42.2 Å². The summed E-state index contributed by atoms with van der Waals surface area (Å²) in [6.45, 7) is 3.11. The summed E-state index contributed by atoms with van der Waals surface area (Å²) in [6.07, 6.45) is 0.950. The van der Waals surface area contributed by atoms with Crippen LogP contribution in [0.3, 0.4) is 0 Å². The summed E-state index contributed by atoms with van der Waals surface area (Å²) in [5.41, 5.74) is 1.95. The van der Waals surface area contributed by atoms with E-state index in [1.165, 1.54) is 22.7 Å². The average molecular weight is 288 g/mol. The van der Waals surface area contributed by atoms with E-state index >= 15 is 0 Å². The maximum absolute atomic E-state index is 13.3. The van der Waals surface area contributed by atoms with Gasteiger partial charge < -0.3 is 5.32 Å². The first-order valence-electron chi connectivity index (χ1n) is 6.60. The number of hydrogen-bond acceptors (Lipinski definition) is 4. The molecule has 0 saturated heterocycles. The maximum Gasteiger partial charge on any atom is 0.213 e. The first-order chi connectivity index (χ1) is 9.72. The van der Waals surface area contributed by atoms with Crippen molar-refractivity contribution in [2.24, 2.45) is 0 Å². The van der Waals surface area contributed by atoms with Crippen molar-refractivity contribution in [2.45, 2.75) is 19.4 Å². The van der Waals surface area contributed by atoms with E-state index in [0.29, 0.717) is 11.9 Å². The molecule has 20 heavy (non-hydrogen) atoms. The summed E-state index contributed by atoms with van der Waals surface area (Å²) < 4.78 is 15.2. The smallest absolute Gasteiger partial charge is 0.213 e. The van der Waals surface area contributed by atoms with Gasteiger partial charge in [-0.25, -0.2) is 8.91 Å². The first kappa shape index (κ1) is 12.0. The number of hydrogen-bond donors (Lipinski definition) is 1. The SMILES string of the molecule is CC1NCCc2c1sc1nc(-c3cccc(F)c3)nn21. The first-order valence-corrected chi connectivity index (χ1v) is 7.41. The molecule has 102 valence electrons. The quantitative estimate of drug-likeness (QED) is 0.748. The van der Waals surface area contributed by atoms with E-state index in [9.17, 15) is 4.39 Å². The van der Waals surface area contributed by atoms with Crippen LogP contribution in [0.1, 0.15) is 23.5 Å². The van der Waals surface area contributed by atoms with Crippen molar-refractivity contribution in [1.29, 1.82) is 0 Å². The Bertz CT molecular complexity index is 792. The van der Waals surface area contributed by atoms with Crippen LogP contribution in [-0.4, -0.2) is 21.1 Å². The lowest BCUT2D eigenvalue weighted by molar-refractivity contribution is 0.537. The van der Waals surface area contributed by atoms with E-state index in [1.54, 1.807) is 17.4 Å². The number of rotatable bonds is 1. The lowest BCUT2D eigenvalue weighted by Crippen LogP contribution is -2.27. The molecule has 4 nitrogen and oxygen atoms in total. The van der Waals surface area contributed by atoms with Gasteiger partial charge in [0.05, 0.1) is 5.69 Å². The number of aromatic nitrogens is 3. The second kappa shape index (κ2) is 4.36. The molecule has 3 aromatic rings. The van der Waals surface area contributed by atoms with Crippen LogP contribution in [0.2, 0.25) is 0 Å². The third-order valence-corrected chi connectivity index (χ3v) is 4.86. The third-order valence-electron chi connectivity index (χ3n) is 3.61. The van der Waals surface area contributed by atoms with E-state index < -0.39 is 0 Å². The second-order valence-corrected chi connectivity index (χ2v) is 5.99. The molecule has 0 radical (unpaired) electrons. The fourth-order valence-corrected chi connectivity index (χ4v) is 3.75. The molecular formula is C14H13FN4S. The number of halogens is 1. The van der Waals surface area contributed by atoms with Gasteiger partial charge >= 0.3 is 0 Å². The highest BCUT2D eigenvalue weighted by Gasteiger charge is 2.23. The molecule has 0 fully saturated rings. The van der Waals surface area contributed by atoms with Crippen molar-refractivity contribution in [1.82, 2.24) is 19.9 Å². The van der Waals surface area contributed by atoms with E-state index in [4.69, 9.17) is 0 Å². The molecule has 1 unspecified atom stereocenters. The van der Waals surface area contributed by atoms with Crippen LogP contribution < -0.4 is 5.32 Å². The predicted molar refractivity (Wildman–Crippen MR) is 76.4 cm³/mol. The highest BCUT2D eigenvalue weighted by Crippen LogP contribution is 2.32. The molecule has 1 aliphatic rings. The lowest BCUT2D eigenvalue weighted by Gasteiger charge is -2.19. The number of thiazole rings is 1. The molecule has 1 atom stereocenters. The van der Waals surface area contributed by atoms with Gasteiger partial charge in [-0.15, -0.1) is 5.10 Å². The van der Waals surface area contributed by atoms with Crippen LogP contribution in [0, 0.1) is 5.82 Å². The molecule has 1 aromatic carbocycles. The van der Waals surface area contributed by atoms with Crippen molar-refractivity contribution in [3.8, 4) is 11.4 Å². The highest BCUT2D eigenvalue weighted by atomic mass is 32.1. The zero-order valence-electron chi connectivity index (χ0n) is 10.9. The monoisotopic (exact) mass is 288 g/mol. The Morgan fingerprint density at radius 1 is 1.45 bits per heavy atom. The Morgan fingerprint density at radius 2 is 2.35 bits per heavy atom. The van der Waals surface area contributed by atoms with Crippen LogP contribution in [-0.2, 0) is 6.42 Å². The molecule has 0 spiro atoms. The Hall–Kier alpha value is -1.79. The summed E-state index contributed by atoms with van der Waals surface area (Å²) in [6, 6.07) is 6.76. The van der Waals surface area contributed by atoms with Crippen LogP contribution >= 0.6 is 11.3 Å². The molecule has 6 heteroatoms. The normalized spacial score (nSPS) is 18.4. The average Bonchev–Trinajstić information content (AvgIpc) is 2.98. The standard InChI is InChI=1S/C14H13FN4S/c1-8-12-11(5-6-16-8)19-14(20-12)17-13(18-19)9-3-2-4-10(15)7-9/h2-4,7-8,16H,5-6H2,1H3. The van der Waals surface area contributed by atoms with Crippen molar-refractivity contribution in [3.63, 3.8) is 0 Å². The molecule has 0 saturated carbocycles. The third kappa shape index (κ3) is 1.76. The molecule has 3 heterocycles. The number of benzene rings is 1. The lowest BCUT2D eigenvalue weighted by atomic mass is 10.1. The van der Waals surface area contributed by atoms with Crippen molar-refractivity contribution in [2.75, 3.05) is 6.54 Å². The molecule has 1 aliphatic heterocycles. The van der Waals surface area contributed by atoms with Crippen LogP contribution in [0.5, 0.6) is 0 Å². The van der Waals surface area contributed by atoms with E-state index in [0.717, 1.165) is 23.5 Å². The van der Waals surface area contributed by atoms with Gasteiger partial charge in [-0.3, -0.25) is 0 Å². The van der Waals surface area contributed by atoms with Gasteiger partial charge in [0.1, 0.15) is 5.82 Å². The second-order valence-electron chi connectivity index (χ2n) is 4.98. The Balaban J connectivity index is 1.86. The minimum Gasteiger partial charge on any atom is -0.309 e. The van der Waals surface area contributed by atoms with E-state index in [2.05, 4.69) is 22.3 Å². The van der Waals surface area contributed by atoms with Crippen LogP contribution in [0.15, 0.2) is 24.3 Å². The number of nitrogens with zero attached hydrogens (tertiary/aromatic N) is 3. The zero-order valence-corrected chi connectivity index (χ0v) is 11.7. The molecule has 4 rings (SSSR count). The fraction of sp³-hybridized carbons (Fsp3) is 0.286. The largest absolute Gasteiger partial charge is 0.309 e. The molecule has 2 aromatic heterocycles. The number of nitrogens with one attached hydrogen (secondary N) is 1. The summed E-state index contributed by atoms with van der Waals surface area (Å²) in [5.74, 6) is 0.324. The van der Waals surface area contributed by atoms with Crippen LogP contribution in [0.25, 0.3) is 16.3 Å². The molecule has 1 N–H and O–H groups in total. The minimum atomic E-state index is -0.263. The van der Waals surface area contributed by atoms with Gasteiger partial charge in [-0.1, -0.05) is 23.5 Å². The summed E-state index contributed by atoms with van der Waals surface area (Å²) in [7, 11) is 0. The molecule has 0 amide bonds. The van der Waals surface area contributed by atoms with Gasteiger partial charge in [0.15, 0.2) is 5.82 Å². The predicted octanol–water partition coefficient (Wildman–Crippen LogP) is 2.80. The van der Waals surface area contributed by atoms with Crippen molar-refractivity contribution in [3.05, 3.63) is 40.7 Å². The highest BCUT2D eigenvalue weighted by molar-refractivity contribution is 7.17. The zero-order chi connectivity index (χ0) is 13.7. The molecule has 0 aliphatic carbocycles. The molecule has 0 bridgehead atoms. The van der Waals surface area contributed by atoms with Gasteiger partial charge in [0.25, 0.3) is 0 Å². The van der Waals surface area contributed by atoms with Crippen LogP contribution in [0.4, 0.5) is 4.39 Å². The minimum absolute atomic E-state index is 0.263. The van der Waals surface area contributed by atoms with Gasteiger partial charge in [-0.2, -0.15) is 4.98 Å². The Kier molecular flexibility index (Phi) is 2.61. The fourth-order valence-electron chi connectivity index (χ4n) is 2.62. The Labute approximate surface area is 119 Å². The summed E-state index contributed by atoms with van der Waals surface area (Å²) >= 11 is 1.66. The Morgan fingerprint density at radius 3 is 3.20 bits per heavy atom. The van der Waals surface area contributed by atoms with Crippen molar-refractivity contribution >= 4 is 16.3 Å². The maximum atomic E-state index is 13.3.